The van der Waals surface area contributed by atoms with Crippen LogP contribution in [0.3, 0.4) is 0 Å². The van der Waals surface area contributed by atoms with Gasteiger partial charge in [-0.1, -0.05) is 23.7 Å². The molecule has 0 aliphatic rings. The van der Waals surface area contributed by atoms with Gasteiger partial charge in [0.05, 0.1) is 6.10 Å². The molecule has 0 spiro atoms. The molecule has 4 heteroatoms. The first-order chi connectivity index (χ1) is 8.56. The number of nitrogens with zero attached hydrogens (tertiary/aromatic N) is 1. The van der Waals surface area contributed by atoms with Crippen molar-refractivity contribution < 1.29 is 5.11 Å². The van der Waals surface area contributed by atoms with Crippen LogP contribution in [0, 0.1) is 6.92 Å². The molecule has 0 amide bonds. The molecule has 0 aliphatic carbocycles. The predicted molar refractivity (Wildman–Crippen MR) is 76.8 cm³/mol. The average Bonchev–Trinajstić information content (AvgIpc) is 2.32. The highest BCUT2D eigenvalue weighted by molar-refractivity contribution is 9.10. The summed E-state index contributed by atoms with van der Waals surface area (Å²) < 4.78 is 0.925. The third kappa shape index (κ3) is 3.31. The molecule has 18 heavy (non-hydrogen) atoms. The second-order valence-corrected chi connectivity index (χ2v) is 5.54. The van der Waals surface area contributed by atoms with Crippen molar-refractivity contribution in [2.24, 2.45) is 0 Å². The molecular weight excluding hydrogens is 314 g/mol. The van der Waals surface area contributed by atoms with Crippen LogP contribution >= 0.6 is 27.5 Å². The Morgan fingerprint density at radius 2 is 2.11 bits per heavy atom. The second kappa shape index (κ2) is 5.83. The number of hydrogen-bond donors (Lipinski definition) is 1. The number of hydrogen-bond acceptors (Lipinski definition) is 2. The molecule has 1 N–H and O–H groups in total. The van der Waals surface area contributed by atoms with Gasteiger partial charge in [-0.25, -0.2) is 0 Å². The summed E-state index contributed by atoms with van der Waals surface area (Å²) >= 11 is 9.46. The lowest BCUT2D eigenvalue weighted by molar-refractivity contribution is 0.177. The van der Waals surface area contributed by atoms with Crippen molar-refractivity contribution in [3.63, 3.8) is 0 Å². The van der Waals surface area contributed by atoms with Crippen molar-refractivity contribution in [1.29, 1.82) is 0 Å². The number of rotatable bonds is 3. The van der Waals surface area contributed by atoms with E-state index in [0.29, 0.717) is 11.4 Å². The lowest BCUT2D eigenvalue weighted by Gasteiger charge is -2.12. The standard InChI is InChI=1S/C14H13BrClNO/c1-9-2-5-12(13(16)6-9)14(18)7-11-4-3-10(15)8-17-11/h2-6,8,14,18H,7H2,1H3. The monoisotopic (exact) mass is 325 g/mol. The Morgan fingerprint density at radius 3 is 2.72 bits per heavy atom. The van der Waals surface area contributed by atoms with Crippen molar-refractivity contribution in [3.05, 3.63) is 62.8 Å². The van der Waals surface area contributed by atoms with Gasteiger partial charge in [0.2, 0.25) is 0 Å². The fraction of sp³-hybridized carbons (Fsp3) is 0.214. The van der Waals surface area contributed by atoms with Gasteiger partial charge in [0.25, 0.3) is 0 Å². The van der Waals surface area contributed by atoms with Gasteiger partial charge in [0.1, 0.15) is 0 Å². The number of aliphatic hydroxyl groups excluding tert-OH is 1. The second-order valence-electron chi connectivity index (χ2n) is 4.21. The van der Waals surface area contributed by atoms with E-state index in [1.165, 1.54) is 0 Å². The summed E-state index contributed by atoms with van der Waals surface area (Å²) in [5.74, 6) is 0. The Morgan fingerprint density at radius 1 is 1.33 bits per heavy atom. The average molecular weight is 327 g/mol. The summed E-state index contributed by atoms with van der Waals surface area (Å²) in [5, 5.41) is 10.8. The maximum Gasteiger partial charge on any atom is 0.0859 e. The van der Waals surface area contributed by atoms with Crippen LogP contribution in [0.15, 0.2) is 41.0 Å². The van der Waals surface area contributed by atoms with Crippen LogP contribution in [0.1, 0.15) is 22.9 Å². The number of aliphatic hydroxyl groups is 1. The summed E-state index contributed by atoms with van der Waals surface area (Å²) in [6.07, 6.45) is 1.54. The number of halogens is 2. The number of aryl methyl sites for hydroxylation is 1. The largest absolute Gasteiger partial charge is 0.388 e. The van der Waals surface area contributed by atoms with E-state index in [2.05, 4.69) is 20.9 Å². The minimum atomic E-state index is -0.633. The fourth-order valence-corrected chi connectivity index (χ4v) is 2.33. The molecule has 0 aliphatic heterocycles. The zero-order valence-corrected chi connectivity index (χ0v) is 12.2. The van der Waals surface area contributed by atoms with Crippen LogP contribution in [-0.4, -0.2) is 10.1 Å². The molecular formula is C14H13BrClNO. The number of pyridine rings is 1. The number of benzene rings is 1. The molecule has 1 unspecified atom stereocenters. The third-order valence-corrected chi connectivity index (χ3v) is 3.50. The smallest absolute Gasteiger partial charge is 0.0859 e. The molecule has 0 bridgehead atoms. The number of aromatic nitrogens is 1. The van der Waals surface area contributed by atoms with E-state index in [1.807, 2.05) is 37.3 Å². The first-order valence-electron chi connectivity index (χ1n) is 5.61. The zero-order valence-electron chi connectivity index (χ0n) is 9.90. The van der Waals surface area contributed by atoms with Crippen LogP contribution in [0.5, 0.6) is 0 Å². The van der Waals surface area contributed by atoms with Gasteiger partial charge in [0.15, 0.2) is 0 Å². The third-order valence-electron chi connectivity index (χ3n) is 2.71. The van der Waals surface area contributed by atoms with Crippen molar-refractivity contribution in [1.82, 2.24) is 4.98 Å². The van der Waals surface area contributed by atoms with Crippen LogP contribution in [0.4, 0.5) is 0 Å². The van der Waals surface area contributed by atoms with E-state index >= 15 is 0 Å². The molecule has 0 radical (unpaired) electrons. The topological polar surface area (TPSA) is 33.1 Å². The van der Waals surface area contributed by atoms with E-state index in [1.54, 1.807) is 6.20 Å². The minimum absolute atomic E-state index is 0.454. The van der Waals surface area contributed by atoms with E-state index in [9.17, 15) is 5.11 Å². The molecule has 2 aromatic rings. The van der Waals surface area contributed by atoms with Gasteiger partial charge in [-0.15, -0.1) is 0 Å². The van der Waals surface area contributed by atoms with Gasteiger partial charge in [-0.05, 0) is 52.2 Å². The highest BCUT2D eigenvalue weighted by Gasteiger charge is 2.13. The molecule has 0 fully saturated rings. The Labute approximate surface area is 120 Å². The van der Waals surface area contributed by atoms with Gasteiger partial charge >= 0.3 is 0 Å². The molecule has 1 aromatic heterocycles. The molecule has 2 rings (SSSR count). The minimum Gasteiger partial charge on any atom is -0.388 e. The van der Waals surface area contributed by atoms with Crippen LogP contribution in [0.2, 0.25) is 5.02 Å². The Hall–Kier alpha value is -0.900. The molecule has 94 valence electrons. The first-order valence-corrected chi connectivity index (χ1v) is 6.78. The van der Waals surface area contributed by atoms with Crippen LogP contribution in [-0.2, 0) is 6.42 Å². The summed E-state index contributed by atoms with van der Waals surface area (Å²) in [7, 11) is 0. The molecule has 1 heterocycles. The lowest BCUT2D eigenvalue weighted by atomic mass is 10.0. The molecule has 2 nitrogen and oxygen atoms in total. The maximum atomic E-state index is 10.2. The van der Waals surface area contributed by atoms with Crippen molar-refractivity contribution in [3.8, 4) is 0 Å². The normalized spacial score (nSPS) is 12.4. The quantitative estimate of drug-likeness (QED) is 0.922. The van der Waals surface area contributed by atoms with Crippen molar-refractivity contribution in [2.75, 3.05) is 0 Å². The molecule has 0 saturated heterocycles. The zero-order chi connectivity index (χ0) is 13.1. The summed E-state index contributed by atoms with van der Waals surface area (Å²) in [4.78, 5) is 4.24. The fourth-order valence-electron chi connectivity index (χ4n) is 1.74. The van der Waals surface area contributed by atoms with Gasteiger partial charge in [-0.3, -0.25) is 4.98 Å². The summed E-state index contributed by atoms with van der Waals surface area (Å²) in [6, 6.07) is 9.46. The van der Waals surface area contributed by atoms with Gasteiger partial charge in [0, 0.05) is 27.8 Å². The van der Waals surface area contributed by atoms with E-state index < -0.39 is 6.10 Å². The first kappa shape index (κ1) is 13.5. The van der Waals surface area contributed by atoms with E-state index in [-0.39, 0.29) is 0 Å². The summed E-state index contributed by atoms with van der Waals surface area (Å²) in [6.45, 7) is 1.97. The van der Waals surface area contributed by atoms with Crippen molar-refractivity contribution >= 4 is 27.5 Å². The predicted octanol–water partition coefficient (Wildman–Crippen LogP) is 4.08. The van der Waals surface area contributed by atoms with Crippen LogP contribution in [0.25, 0.3) is 0 Å². The SMILES string of the molecule is Cc1ccc(C(O)Cc2ccc(Br)cn2)c(Cl)c1. The maximum absolute atomic E-state index is 10.2. The Balaban J connectivity index is 2.16. The van der Waals surface area contributed by atoms with E-state index in [0.717, 1.165) is 21.3 Å². The Kier molecular flexibility index (Phi) is 4.38. The highest BCUT2D eigenvalue weighted by Crippen LogP contribution is 2.26. The Bertz CT molecular complexity index is 542. The van der Waals surface area contributed by atoms with Crippen molar-refractivity contribution in [2.45, 2.75) is 19.4 Å². The lowest BCUT2D eigenvalue weighted by Crippen LogP contribution is -2.04. The molecule has 1 atom stereocenters. The molecule has 1 aromatic carbocycles. The van der Waals surface area contributed by atoms with E-state index in [4.69, 9.17) is 11.6 Å². The van der Waals surface area contributed by atoms with Crippen LogP contribution < -0.4 is 0 Å². The van der Waals surface area contributed by atoms with Gasteiger partial charge < -0.3 is 5.11 Å². The van der Waals surface area contributed by atoms with Gasteiger partial charge in [-0.2, -0.15) is 0 Å². The molecule has 0 saturated carbocycles. The summed E-state index contributed by atoms with van der Waals surface area (Å²) in [5.41, 5.74) is 2.66. The highest BCUT2D eigenvalue weighted by atomic mass is 79.9.